The van der Waals surface area contributed by atoms with Crippen molar-refractivity contribution < 1.29 is 29.0 Å². The molecule has 0 aromatic carbocycles. The molecule has 2 heterocycles. The smallest absolute Gasteiger partial charge is 0.341 e. The van der Waals surface area contributed by atoms with Gasteiger partial charge in [0, 0.05) is 19.1 Å². The van der Waals surface area contributed by atoms with Gasteiger partial charge in [0.05, 0.1) is 26.2 Å². The molecule has 0 aromatic heterocycles. The highest BCUT2D eigenvalue weighted by Gasteiger charge is 2.51. The Balaban J connectivity index is 2.04. The summed E-state index contributed by atoms with van der Waals surface area (Å²) in [4.78, 5) is 12.5. The fourth-order valence-corrected chi connectivity index (χ4v) is 3.90. The summed E-state index contributed by atoms with van der Waals surface area (Å²) in [6, 6.07) is -0.00482. The number of aliphatic hydroxyl groups excluding tert-OH is 1. The lowest BCUT2D eigenvalue weighted by atomic mass is 9.85. The number of nitrogens with zero attached hydrogens (tertiary/aromatic N) is 1. The third-order valence-corrected chi connectivity index (χ3v) is 5.67. The molecule has 6 nitrogen and oxygen atoms in total. The lowest BCUT2D eigenvalue weighted by molar-refractivity contribution is -0.906. The first kappa shape index (κ1) is 18.4. The summed E-state index contributed by atoms with van der Waals surface area (Å²) in [6.07, 6.45) is 1.76. The molecule has 0 bridgehead atoms. The summed E-state index contributed by atoms with van der Waals surface area (Å²) < 4.78 is 11.4. The Kier molecular flexibility index (Phi) is 5.21. The molecule has 0 aliphatic carbocycles. The van der Waals surface area contributed by atoms with Crippen LogP contribution in [0.5, 0.6) is 0 Å². The van der Waals surface area contributed by atoms with Crippen LogP contribution in [0.4, 0.5) is 0 Å². The van der Waals surface area contributed by atoms with Crippen molar-refractivity contribution in [2.75, 3.05) is 33.9 Å². The first-order valence-corrected chi connectivity index (χ1v) is 8.30. The number of ether oxygens (including phenoxy) is 2. The van der Waals surface area contributed by atoms with E-state index in [2.05, 4.69) is 13.1 Å². The van der Waals surface area contributed by atoms with Crippen LogP contribution in [0, 0.1) is 5.92 Å². The van der Waals surface area contributed by atoms with Gasteiger partial charge in [-0.2, -0.15) is 0 Å². The molecule has 2 rings (SSSR count). The van der Waals surface area contributed by atoms with Crippen LogP contribution in [0.1, 0.15) is 27.2 Å². The summed E-state index contributed by atoms with van der Waals surface area (Å²) in [5, 5.41) is 20.9. The van der Waals surface area contributed by atoms with Crippen molar-refractivity contribution in [1.82, 2.24) is 0 Å². The van der Waals surface area contributed by atoms with Gasteiger partial charge in [-0.1, -0.05) is 13.8 Å². The molecule has 0 radical (unpaired) electrons. The minimum Gasteiger partial charge on any atom is -0.459 e. The largest absolute Gasteiger partial charge is 0.459 e. The summed E-state index contributed by atoms with van der Waals surface area (Å²) in [5.74, 6) is -1.00. The van der Waals surface area contributed by atoms with Crippen molar-refractivity contribution in [1.29, 1.82) is 0 Å². The van der Waals surface area contributed by atoms with Gasteiger partial charge in [0.15, 0.2) is 5.60 Å². The number of fused-ring (bicyclic) bond motifs is 1. The summed E-state index contributed by atoms with van der Waals surface area (Å²) in [7, 11) is 3.58. The number of rotatable bonds is 6. The number of likely N-dealkylation sites (N-methyl/N-ethyl adjacent to an activating group) is 1. The van der Waals surface area contributed by atoms with Gasteiger partial charge in [0.1, 0.15) is 18.8 Å². The van der Waals surface area contributed by atoms with E-state index in [0.717, 1.165) is 29.6 Å². The van der Waals surface area contributed by atoms with Gasteiger partial charge < -0.3 is 24.2 Å². The Morgan fingerprint density at radius 2 is 2.13 bits per heavy atom. The second-order valence-electron chi connectivity index (χ2n) is 7.40. The molecule has 0 aromatic rings. The van der Waals surface area contributed by atoms with E-state index in [1.54, 1.807) is 20.8 Å². The third-order valence-electron chi connectivity index (χ3n) is 5.67. The maximum Gasteiger partial charge on any atom is 0.341 e. The number of carbonyl (C=O) groups excluding carboxylic acids is 1. The Labute approximate surface area is 138 Å². The first-order chi connectivity index (χ1) is 10.7. The van der Waals surface area contributed by atoms with Gasteiger partial charge in [-0.05, 0) is 18.9 Å². The Hall–Kier alpha value is -0.950. The van der Waals surface area contributed by atoms with Gasteiger partial charge >= 0.3 is 5.97 Å². The van der Waals surface area contributed by atoms with Gasteiger partial charge in [-0.3, -0.25) is 0 Å². The molecule has 0 saturated carbocycles. The summed E-state index contributed by atoms with van der Waals surface area (Å²) in [5.41, 5.74) is -0.734. The van der Waals surface area contributed by atoms with E-state index >= 15 is 0 Å². The molecule has 132 valence electrons. The molecule has 1 saturated heterocycles. The van der Waals surface area contributed by atoms with Crippen molar-refractivity contribution in [2.45, 2.75) is 51.0 Å². The predicted octanol–water partition coefficient (Wildman–Crippen LogP) is 0.471. The third kappa shape index (κ3) is 3.05. The zero-order chi connectivity index (χ0) is 17.4. The second-order valence-corrected chi connectivity index (χ2v) is 7.40. The van der Waals surface area contributed by atoms with E-state index in [1.165, 1.54) is 7.11 Å². The number of carbonyl (C=O) groups is 1. The van der Waals surface area contributed by atoms with E-state index in [1.807, 2.05) is 0 Å². The zero-order valence-corrected chi connectivity index (χ0v) is 14.8. The molecule has 0 amide bonds. The molecular formula is C17H30NO5+. The minimum atomic E-state index is -1.68. The van der Waals surface area contributed by atoms with Crippen LogP contribution in [0.15, 0.2) is 11.6 Å². The normalized spacial score (nSPS) is 34.0. The Bertz CT molecular complexity index is 491. The number of quaternary nitrogens is 1. The molecule has 1 fully saturated rings. The van der Waals surface area contributed by atoms with E-state index in [0.29, 0.717) is 0 Å². The van der Waals surface area contributed by atoms with Crippen molar-refractivity contribution in [3.05, 3.63) is 11.6 Å². The molecular weight excluding hydrogens is 298 g/mol. The predicted molar refractivity (Wildman–Crippen MR) is 85.6 cm³/mol. The second kappa shape index (κ2) is 6.51. The highest BCUT2D eigenvalue weighted by Crippen LogP contribution is 2.35. The molecule has 23 heavy (non-hydrogen) atoms. The molecule has 0 unspecified atom stereocenters. The van der Waals surface area contributed by atoms with Crippen molar-refractivity contribution >= 4 is 5.97 Å². The highest BCUT2D eigenvalue weighted by atomic mass is 16.6. The SMILES string of the molecule is CO[C@H](C)[C@](O)(C(=O)OCC1=CC[N@+]2(C)CC[C@H](O)[C@H]12)C(C)C. The Morgan fingerprint density at radius 3 is 2.70 bits per heavy atom. The lowest BCUT2D eigenvalue weighted by Gasteiger charge is -2.35. The molecule has 2 aliphatic rings. The molecule has 5 atom stereocenters. The van der Waals surface area contributed by atoms with Crippen LogP contribution >= 0.6 is 0 Å². The Morgan fingerprint density at radius 1 is 1.48 bits per heavy atom. The maximum absolute atomic E-state index is 12.5. The quantitative estimate of drug-likeness (QED) is 0.421. The van der Waals surface area contributed by atoms with Crippen LogP contribution in [-0.4, -0.2) is 78.4 Å². The number of esters is 1. The van der Waals surface area contributed by atoms with Crippen LogP contribution < -0.4 is 0 Å². The number of methoxy groups -OCH3 is 1. The maximum atomic E-state index is 12.5. The standard InChI is InChI=1S/C17H30NO5/c1-11(2)17(21,12(3)22-5)16(20)23-10-13-6-8-18(4)9-7-14(19)15(13)18/h6,11-12,14-15,19,21H,7-10H2,1-5H3/q+1/t12-,14+,15+,17+,18-/m1/s1. The van der Waals surface area contributed by atoms with E-state index < -0.39 is 23.8 Å². The van der Waals surface area contributed by atoms with Crippen LogP contribution in [0.25, 0.3) is 0 Å². The zero-order valence-electron chi connectivity index (χ0n) is 14.8. The fraction of sp³-hybridized carbons (Fsp3) is 0.824. The molecule has 2 aliphatic heterocycles. The number of hydrogen-bond acceptors (Lipinski definition) is 5. The molecule has 6 heteroatoms. The van der Waals surface area contributed by atoms with E-state index in [-0.39, 0.29) is 18.6 Å². The van der Waals surface area contributed by atoms with Gasteiger partial charge in [-0.25, -0.2) is 4.79 Å². The number of hydrogen-bond donors (Lipinski definition) is 2. The van der Waals surface area contributed by atoms with Crippen LogP contribution in [0.2, 0.25) is 0 Å². The minimum absolute atomic E-state index is 0.00482. The van der Waals surface area contributed by atoms with Crippen LogP contribution in [0.3, 0.4) is 0 Å². The van der Waals surface area contributed by atoms with E-state index in [9.17, 15) is 15.0 Å². The first-order valence-electron chi connectivity index (χ1n) is 8.30. The average molecular weight is 328 g/mol. The van der Waals surface area contributed by atoms with E-state index in [4.69, 9.17) is 9.47 Å². The van der Waals surface area contributed by atoms with Crippen molar-refractivity contribution in [3.63, 3.8) is 0 Å². The fourth-order valence-electron chi connectivity index (χ4n) is 3.90. The summed E-state index contributed by atoms with van der Waals surface area (Å²) >= 11 is 0. The highest BCUT2D eigenvalue weighted by molar-refractivity contribution is 5.80. The lowest BCUT2D eigenvalue weighted by Crippen LogP contribution is -2.54. The van der Waals surface area contributed by atoms with Gasteiger partial charge in [-0.15, -0.1) is 0 Å². The van der Waals surface area contributed by atoms with Gasteiger partial charge in [0.2, 0.25) is 0 Å². The number of aliphatic hydroxyl groups is 2. The molecule has 2 N–H and O–H groups in total. The van der Waals surface area contributed by atoms with Crippen LogP contribution in [-0.2, 0) is 14.3 Å². The summed E-state index contributed by atoms with van der Waals surface area (Å²) in [6.45, 7) is 7.07. The monoisotopic (exact) mass is 328 g/mol. The van der Waals surface area contributed by atoms with Crippen molar-refractivity contribution in [2.24, 2.45) is 5.92 Å². The van der Waals surface area contributed by atoms with Gasteiger partial charge in [0.25, 0.3) is 0 Å². The van der Waals surface area contributed by atoms with Crippen molar-refractivity contribution in [3.8, 4) is 0 Å². The average Bonchev–Trinajstić information content (AvgIpc) is 2.99. The topological polar surface area (TPSA) is 76.0 Å². The molecule has 0 spiro atoms.